The maximum Gasteiger partial charge on any atom is 0.410 e. The van der Waals surface area contributed by atoms with Gasteiger partial charge in [0, 0.05) is 44.0 Å². The summed E-state index contributed by atoms with van der Waals surface area (Å²) in [7, 11) is 0. The Hall–Kier alpha value is -1.14. The van der Waals surface area contributed by atoms with Gasteiger partial charge in [0.2, 0.25) is 0 Å². The average Bonchev–Trinajstić information content (AvgIpc) is 2.96. The van der Waals surface area contributed by atoms with Crippen LogP contribution in [0.2, 0.25) is 0 Å². The van der Waals surface area contributed by atoms with Gasteiger partial charge in [-0.25, -0.2) is 4.79 Å². The third kappa shape index (κ3) is 2.81. The third-order valence-electron chi connectivity index (χ3n) is 4.03. The molecule has 0 aromatic rings. The van der Waals surface area contributed by atoms with Crippen LogP contribution in [0.4, 0.5) is 4.79 Å². The Morgan fingerprint density at radius 2 is 2.30 bits per heavy atom. The molecule has 20 heavy (non-hydrogen) atoms. The van der Waals surface area contributed by atoms with Crippen LogP contribution in [0.15, 0.2) is 23.4 Å². The normalized spacial score (nSPS) is 27.1. The zero-order valence-corrected chi connectivity index (χ0v) is 12.6. The van der Waals surface area contributed by atoms with Gasteiger partial charge in [0.15, 0.2) is 0 Å². The second kappa shape index (κ2) is 6.10. The maximum absolute atomic E-state index is 12.2. The molecule has 3 aliphatic heterocycles. The number of ether oxygens (including phenoxy) is 1. The van der Waals surface area contributed by atoms with Gasteiger partial charge in [0.25, 0.3) is 0 Å². The highest BCUT2D eigenvalue weighted by Crippen LogP contribution is 2.36. The van der Waals surface area contributed by atoms with Crippen molar-refractivity contribution in [2.45, 2.75) is 19.4 Å². The first kappa shape index (κ1) is 13.8. The predicted molar refractivity (Wildman–Crippen MR) is 80.0 cm³/mol. The molecule has 1 saturated heterocycles. The molecule has 1 amide bonds. The first-order valence-corrected chi connectivity index (χ1v) is 8.22. The fourth-order valence-corrected chi connectivity index (χ4v) is 3.78. The highest BCUT2D eigenvalue weighted by atomic mass is 32.2. The van der Waals surface area contributed by atoms with Crippen LogP contribution in [0.1, 0.15) is 13.3 Å². The van der Waals surface area contributed by atoms with Crippen LogP contribution >= 0.6 is 11.8 Å². The summed E-state index contributed by atoms with van der Waals surface area (Å²) in [5.74, 6) is 1.25. The molecule has 3 heterocycles. The van der Waals surface area contributed by atoms with Gasteiger partial charge in [0.1, 0.15) is 6.10 Å². The van der Waals surface area contributed by atoms with Crippen molar-refractivity contribution < 1.29 is 9.53 Å². The molecule has 0 aromatic carbocycles. The number of rotatable bonds is 2. The lowest BCUT2D eigenvalue weighted by molar-refractivity contribution is 0.0438. The third-order valence-corrected chi connectivity index (χ3v) is 4.87. The van der Waals surface area contributed by atoms with E-state index in [2.05, 4.69) is 27.9 Å². The smallest absolute Gasteiger partial charge is 0.410 e. The van der Waals surface area contributed by atoms with Crippen LogP contribution in [0, 0.1) is 5.92 Å². The molecule has 1 fully saturated rings. The molecule has 3 rings (SSSR count). The number of carbonyl (C=O) groups is 1. The van der Waals surface area contributed by atoms with Crippen molar-refractivity contribution in [3.63, 3.8) is 0 Å². The van der Waals surface area contributed by atoms with Crippen LogP contribution in [0.3, 0.4) is 0 Å². The van der Waals surface area contributed by atoms with E-state index in [0.717, 1.165) is 38.5 Å². The molecule has 3 aliphatic rings. The van der Waals surface area contributed by atoms with Crippen molar-refractivity contribution >= 4 is 17.9 Å². The van der Waals surface area contributed by atoms with E-state index in [9.17, 15) is 4.79 Å². The summed E-state index contributed by atoms with van der Waals surface area (Å²) in [6, 6.07) is 0. The molecule has 0 aliphatic carbocycles. The van der Waals surface area contributed by atoms with Gasteiger partial charge in [-0.1, -0.05) is 6.08 Å². The highest BCUT2D eigenvalue weighted by molar-refractivity contribution is 8.02. The number of hydrogen-bond donors (Lipinski definition) is 1. The van der Waals surface area contributed by atoms with E-state index in [-0.39, 0.29) is 18.1 Å². The van der Waals surface area contributed by atoms with E-state index in [1.54, 1.807) is 16.7 Å². The minimum absolute atomic E-state index is 0.0882. The largest absolute Gasteiger partial charge is 0.446 e. The molecule has 0 radical (unpaired) electrons. The lowest BCUT2D eigenvalue weighted by Gasteiger charge is -2.34. The molecular formula is C14H21N3O2S. The van der Waals surface area contributed by atoms with Gasteiger partial charge in [-0.2, -0.15) is 0 Å². The maximum atomic E-state index is 12.2. The number of piperazine rings is 1. The van der Waals surface area contributed by atoms with E-state index in [4.69, 9.17) is 4.74 Å². The Balaban J connectivity index is 1.59. The summed E-state index contributed by atoms with van der Waals surface area (Å²) >= 11 is 1.80. The summed E-state index contributed by atoms with van der Waals surface area (Å²) in [4.78, 5) is 16.2. The monoisotopic (exact) mass is 295 g/mol. The Bertz CT molecular complexity index is 432. The van der Waals surface area contributed by atoms with Crippen LogP contribution < -0.4 is 5.32 Å². The lowest BCUT2D eigenvalue weighted by atomic mass is 9.93. The minimum Gasteiger partial charge on any atom is -0.446 e. The number of nitrogens with one attached hydrogen (secondary N) is 1. The molecule has 0 saturated carbocycles. The Morgan fingerprint density at radius 3 is 3.10 bits per heavy atom. The molecule has 2 unspecified atom stereocenters. The van der Waals surface area contributed by atoms with Gasteiger partial charge in [0.05, 0.1) is 5.88 Å². The molecule has 1 N–H and O–H groups in total. The van der Waals surface area contributed by atoms with Crippen molar-refractivity contribution in [2.24, 2.45) is 5.92 Å². The predicted octanol–water partition coefficient (Wildman–Crippen LogP) is 1.80. The van der Waals surface area contributed by atoms with E-state index in [1.807, 2.05) is 6.92 Å². The van der Waals surface area contributed by atoms with Crippen molar-refractivity contribution in [2.75, 3.05) is 32.1 Å². The van der Waals surface area contributed by atoms with Crippen LogP contribution in [-0.4, -0.2) is 54.1 Å². The highest BCUT2D eigenvalue weighted by Gasteiger charge is 2.32. The van der Waals surface area contributed by atoms with Crippen LogP contribution in [-0.2, 0) is 4.74 Å². The quantitative estimate of drug-likeness (QED) is 0.841. The number of nitrogens with zero attached hydrogens (tertiary/aromatic N) is 2. The molecule has 0 bridgehead atoms. The van der Waals surface area contributed by atoms with Crippen LogP contribution in [0.25, 0.3) is 0 Å². The summed E-state index contributed by atoms with van der Waals surface area (Å²) < 4.78 is 5.69. The first-order valence-electron chi connectivity index (χ1n) is 7.17. The topological polar surface area (TPSA) is 44.8 Å². The van der Waals surface area contributed by atoms with E-state index >= 15 is 0 Å². The number of amides is 1. The molecule has 0 spiro atoms. The Morgan fingerprint density at radius 1 is 1.50 bits per heavy atom. The second-order valence-electron chi connectivity index (χ2n) is 5.36. The van der Waals surface area contributed by atoms with Crippen molar-refractivity contribution in [3.8, 4) is 0 Å². The molecule has 0 aromatic heterocycles. The molecule has 2 atom stereocenters. The summed E-state index contributed by atoms with van der Waals surface area (Å²) in [6.45, 7) is 5.18. The fourth-order valence-electron chi connectivity index (χ4n) is 2.83. The molecule has 5 nitrogen and oxygen atoms in total. The van der Waals surface area contributed by atoms with Crippen molar-refractivity contribution in [3.05, 3.63) is 23.4 Å². The standard InChI is InChI=1S/C14H21N3O2S/c1-11(19-14(18)16-7-4-15-5-8-16)12-3-2-6-17-10-20-9-13(12)17/h2,6,9,11-12,15H,3-5,7-8,10H2,1H3. The van der Waals surface area contributed by atoms with Gasteiger partial charge in [-0.3, -0.25) is 0 Å². The van der Waals surface area contributed by atoms with Gasteiger partial charge in [-0.15, -0.1) is 11.8 Å². The molecule has 6 heteroatoms. The second-order valence-corrected chi connectivity index (χ2v) is 6.19. The van der Waals surface area contributed by atoms with Crippen molar-refractivity contribution in [1.29, 1.82) is 0 Å². The number of thioether (sulfide) groups is 1. The SMILES string of the molecule is CC(OC(=O)N1CCNCC1)C1CC=CN2CSC=C12. The Labute approximate surface area is 124 Å². The van der Waals surface area contributed by atoms with Crippen molar-refractivity contribution in [1.82, 2.24) is 15.1 Å². The summed E-state index contributed by atoms with van der Waals surface area (Å²) in [5, 5.41) is 5.44. The zero-order valence-electron chi connectivity index (χ0n) is 11.7. The molecular weight excluding hydrogens is 274 g/mol. The van der Waals surface area contributed by atoms with Gasteiger partial charge >= 0.3 is 6.09 Å². The van der Waals surface area contributed by atoms with E-state index < -0.39 is 0 Å². The minimum atomic E-state index is -0.175. The van der Waals surface area contributed by atoms with E-state index in [1.165, 1.54) is 5.70 Å². The van der Waals surface area contributed by atoms with Gasteiger partial charge in [-0.05, 0) is 18.8 Å². The number of fused-ring (bicyclic) bond motifs is 1. The van der Waals surface area contributed by atoms with Gasteiger partial charge < -0.3 is 19.9 Å². The van der Waals surface area contributed by atoms with Crippen LogP contribution in [0.5, 0.6) is 0 Å². The Kier molecular flexibility index (Phi) is 4.21. The number of allylic oxidation sites excluding steroid dienone is 1. The lowest BCUT2D eigenvalue weighted by Crippen LogP contribution is -2.47. The summed E-state index contributed by atoms with van der Waals surface area (Å²) in [6.07, 6.45) is 4.98. The average molecular weight is 295 g/mol. The first-order chi connectivity index (χ1) is 9.75. The molecule has 110 valence electrons. The summed E-state index contributed by atoms with van der Waals surface area (Å²) in [5.41, 5.74) is 1.29. The number of hydrogen-bond acceptors (Lipinski definition) is 5. The fraction of sp³-hybridized carbons (Fsp3) is 0.643. The number of carbonyl (C=O) groups excluding carboxylic acids is 1. The van der Waals surface area contributed by atoms with E-state index in [0.29, 0.717) is 0 Å². The zero-order chi connectivity index (χ0) is 13.9.